The highest BCUT2D eigenvalue weighted by Gasteiger charge is 2.40. The van der Waals surface area contributed by atoms with Crippen LogP contribution in [0.15, 0.2) is 131 Å². The minimum atomic E-state index is -3.76. The molecule has 80 heavy (non-hydrogen) atoms. The third-order valence-electron chi connectivity index (χ3n) is 15.1. The van der Waals surface area contributed by atoms with E-state index in [1.807, 2.05) is 12.1 Å². The Morgan fingerprint density at radius 1 is 0.425 bits per heavy atom. The molecule has 4 aliphatic rings. The zero-order valence-corrected chi connectivity index (χ0v) is 47.1. The van der Waals surface area contributed by atoms with Crippen molar-refractivity contribution < 1.29 is 54.8 Å². The van der Waals surface area contributed by atoms with Gasteiger partial charge in [-0.3, -0.25) is 19.4 Å². The fourth-order valence-electron chi connectivity index (χ4n) is 10.9. The summed E-state index contributed by atoms with van der Waals surface area (Å²) >= 11 is 0. The molecule has 4 atom stereocenters. The zero-order chi connectivity index (χ0) is 55.6. The molecule has 5 aromatic carbocycles. The highest BCUT2D eigenvalue weighted by atomic mass is 32.2. The van der Waals surface area contributed by atoms with Crippen LogP contribution >= 0.6 is 0 Å². The van der Waals surface area contributed by atoms with Gasteiger partial charge in [0.1, 0.15) is 23.7 Å². The van der Waals surface area contributed by atoms with Gasteiger partial charge in [-0.15, -0.1) is 0 Å². The van der Waals surface area contributed by atoms with E-state index < -0.39 is 20.0 Å². The van der Waals surface area contributed by atoms with Crippen LogP contribution in [0.3, 0.4) is 0 Å². The van der Waals surface area contributed by atoms with Gasteiger partial charge in [-0.2, -0.15) is 0 Å². The van der Waals surface area contributed by atoms with Crippen LogP contribution in [0, 0.1) is 0 Å². The summed E-state index contributed by atoms with van der Waals surface area (Å²) in [6, 6.07) is 36.8. The SMILES string of the molecule is O=C(NCCOCCOCCNS(=O)(=O)c1ccc(O[C@@H]2c3ccccc3C[C@H]2N2CCCCC2)cc1)c1ccc(C(=O)NCCOCCOCCNS(=O)(=O)c2ccc(O[C@@H]3c4ccccc4C[C@H]3N3CCCCC3)cc2)cc1. The number of rotatable bonds is 30. The molecule has 0 bridgehead atoms. The molecule has 0 radical (unpaired) electrons. The number of benzene rings is 5. The van der Waals surface area contributed by atoms with Crippen LogP contribution in [-0.4, -0.2) is 156 Å². The maximum Gasteiger partial charge on any atom is 0.251 e. The molecule has 2 fully saturated rings. The molecule has 20 heteroatoms. The van der Waals surface area contributed by atoms with E-state index in [9.17, 15) is 26.4 Å². The van der Waals surface area contributed by atoms with Gasteiger partial charge in [-0.1, -0.05) is 61.4 Å². The Bertz CT molecular complexity index is 2790. The van der Waals surface area contributed by atoms with Crippen LogP contribution < -0.4 is 29.6 Å². The van der Waals surface area contributed by atoms with Gasteiger partial charge in [0.2, 0.25) is 20.0 Å². The van der Waals surface area contributed by atoms with Gasteiger partial charge in [-0.05, 0) is 160 Å². The van der Waals surface area contributed by atoms with E-state index in [4.69, 9.17) is 28.4 Å². The maximum atomic E-state index is 13.0. The molecule has 2 amide bonds. The number of hydrogen-bond donors (Lipinski definition) is 4. The largest absolute Gasteiger partial charge is 0.484 e. The Labute approximate surface area is 471 Å². The van der Waals surface area contributed by atoms with Crippen LogP contribution in [0.2, 0.25) is 0 Å². The minimum Gasteiger partial charge on any atom is -0.484 e. The van der Waals surface area contributed by atoms with E-state index >= 15 is 0 Å². The van der Waals surface area contributed by atoms with Crippen molar-refractivity contribution in [2.75, 3.05) is 105 Å². The van der Waals surface area contributed by atoms with Crippen LogP contribution in [0.5, 0.6) is 11.5 Å². The van der Waals surface area contributed by atoms with Gasteiger partial charge in [0, 0.05) is 37.3 Å². The first kappa shape index (κ1) is 58.9. The number of fused-ring (bicyclic) bond motifs is 2. The second-order valence-corrected chi connectivity index (χ2v) is 24.0. The average Bonchev–Trinajstić information content (AvgIpc) is 4.07. The van der Waals surface area contributed by atoms with Crippen LogP contribution in [0.4, 0.5) is 0 Å². The lowest BCUT2D eigenvalue weighted by atomic mass is 10.0. The number of carbonyl (C=O) groups excluding carboxylic acids is 2. The molecule has 2 aliphatic heterocycles. The van der Waals surface area contributed by atoms with Gasteiger partial charge in [0.25, 0.3) is 11.8 Å². The van der Waals surface area contributed by atoms with Crippen LogP contribution in [0.25, 0.3) is 0 Å². The van der Waals surface area contributed by atoms with Gasteiger partial charge in [0.15, 0.2) is 0 Å². The number of carbonyl (C=O) groups is 2. The van der Waals surface area contributed by atoms with E-state index in [2.05, 4.69) is 66.3 Å². The summed E-state index contributed by atoms with van der Waals surface area (Å²) in [7, 11) is -7.52. The third kappa shape index (κ3) is 16.2. The second kappa shape index (κ2) is 29.3. The number of amides is 2. The fraction of sp³-hybridized carbons (Fsp3) is 0.467. The van der Waals surface area contributed by atoms with Crippen molar-refractivity contribution in [2.45, 2.75) is 85.4 Å². The van der Waals surface area contributed by atoms with Gasteiger partial charge in [0.05, 0.1) is 74.7 Å². The number of likely N-dealkylation sites (tertiary alicyclic amines) is 2. The quantitative estimate of drug-likeness (QED) is 0.0376. The number of sulfonamides is 2. The number of ether oxygens (including phenoxy) is 6. The molecule has 430 valence electrons. The highest BCUT2D eigenvalue weighted by Crippen LogP contribution is 2.41. The first-order chi connectivity index (χ1) is 39.0. The number of nitrogens with zero attached hydrogens (tertiary/aromatic N) is 2. The van der Waals surface area contributed by atoms with E-state index in [1.165, 1.54) is 60.8 Å². The van der Waals surface area contributed by atoms with Crippen molar-refractivity contribution in [3.05, 3.63) is 155 Å². The third-order valence-corrected chi connectivity index (χ3v) is 18.0. The molecule has 5 aromatic rings. The summed E-state index contributed by atoms with van der Waals surface area (Å²) < 4.78 is 92.5. The fourth-order valence-corrected chi connectivity index (χ4v) is 13.0. The van der Waals surface area contributed by atoms with Crippen molar-refractivity contribution in [1.29, 1.82) is 0 Å². The smallest absolute Gasteiger partial charge is 0.251 e. The summed E-state index contributed by atoms with van der Waals surface area (Å²) in [5.41, 5.74) is 5.77. The molecule has 4 N–H and O–H groups in total. The van der Waals surface area contributed by atoms with Gasteiger partial charge >= 0.3 is 0 Å². The monoisotopic (exact) mass is 1140 g/mol. The average molecular weight is 1140 g/mol. The Balaban J connectivity index is 0.569. The van der Waals surface area contributed by atoms with Gasteiger partial charge < -0.3 is 39.1 Å². The first-order valence-electron chi connectivity index (χ1n) is 28.2. The Morgan fingerprint density at radius 2 is 0.775 bits per heavy atom. The maximum absolute atomic E-state index is 13.0. The first-order valence-corrected chi connectivity index (χ1v) is 31.1. The zero-order valence-electron chi connectivity index (χ0n) is 45.4. The standard InChI is InChI=1S/C60H76N6O12S2/c67-59(61-27-35-73-39-41-75-37-29-63-79(69,70)51-23-19-49(20-24-51)77-57-53-13-5-3-11-47(53)43-55(57)65-31-7-1-8-32-65)45-15-17-46(18-16-45)60(68)62-28-36-74-40-42-76-38-30-64-80(71,72)52-25-21-50(22-26-52)78-58-54-14-6-4-12-48(54)44-56(58)66-33-9-2-10-34-66/h3-6,11-26,55-58,63-64H,1-2,7-10,27-44H2,(H,61,67)(H,62,68)/t55-,56-,57-,58-/m1/s1. The summed E-state index contributed by atoms with van der Waals surface area (Å²) in [6.45, 7) is 6.74. The Hall–Kier alpha value is -5.78. The molecule has 0 unspecified atom stereocenters. The van der Waals surface area contributed by atoms with Crippen molar-refractivity contribution in [1.82, 2.24) is 29.9 Å². The highest BCUT2D eigenvalue weighted by molar-refractivity contribution is 7.89. The van der Waals surface area contributed by atoms with Crippen molar-refractivity contribution in [2.24, 2.45) is 0 Å². The lowest BCUT2D eigenvalue weighted by Gasteiger charge is -2.35. The molecule has 9 rings (SSSR count). The van der Waals surface area contributed by atoms with Gasteiger partial charge in [-0.25, -0.2) is 26.3 Å². The van der Waals surface area contributed by atoms with Crippen LogP contribution in [-0.2, 0) is 51.8 Å². The van der Waals surface area contributed by atoms with Crippen molar-refractivity contribution in [3.63, 3.8) is 0 Å². The molecule has 0 saturated carbocycles. The van der Waals surface area contributed by atoms with E-state index in [1.54, 1.807) is 72.8 Å². The topological polar surface area (TPSA) is 212 Å². The Morgan fingerprint density at radius 3 is 1.15 bits per heavy atom. The molecular weight excluding hydrogens is 1060 g/mol. The summed E-state index contributed by atoms with van der Waals surface area (Å²) in [6.07, 6.45) is 8.95. The second-order valence-electron chi connectivity index (χ2n) is 20.5. The molecule has 2 heterocycles. The van der Waals surface area contributed by atoms with E-state index in [-0.39, 0.29) is 125 Å². The molecule has 2 saturated heterocycles. The Kier molecular flexibility index (Phi) is 21.5. The summed E-state index contributed by atoms with van der Waals surface area (Å²) in [5, 5.41) is 5.57. The van der Waals surface area contributed by atoms with E-state index in [0.29, 0.717) is 22.6 Å². The number of nitrogens with one attached hydrogen (secondary N) is 4. The predicted molar refractivity (Wildman–Crippen MR) is 303 cm³/mol. The molecule has 18 nitrogen and oxygen atoms in total. The molecule has 0 aromatic heterocycles. The van der Waals surface area contributed by atoms with Crippen LogP contribution in [0.1, 0.15) is 93.7 Å². The summed E-state index contributed by atoms with van der Waals surface area (Å²) in [4.78, 5) is 30.7. The minimum absolute atomic E-state index is 0.0860. The predicted octanol–water partition coefficient (Wildman–Crippen LogP) is 6.23. The normalized spacial score (nSPS) is 19.5. The lowest BCUT2D eigenvalue weighted by Crippen LogP contribution is -2.43. The van der Waals surface area contributed by atoms with E-state index in [0.717, 1.165) is 39.0 Å². The summed E-state index contributed by atoms with van der Waals surface area (Å²) in [5.74, 6) is 0.627. The molecule has 0 spiro atoms. The molecule has 2 aliphatic carbocycles. The van der Waals surface area contributed by atoms with Crippen molar-refractivity contribution in [3.8, 4) is 11.5 Å². The number of hydrogen-bond acceptors (Lipinski definition) is 14. The number of piperidine rings is 2. The van der Waals surface area contributed by atoms with Crippen molar-refractivity contribution >= 4 is 31.9 Å². The molecular formula is C60H76N6O12S2. The lowest BCUT2D eigenvalue weighted by molar-refractivity contribution is 0.0503.